The Morgan fingerprint density at radius 2 is 1.90 bits per heavy atom. The Balaban J connectivity index is 1.20. The first kappa shape index (κ1) is 18.5. The molecular formula is C20H26N6O3. The van der Waals surface area contributed by atoms with E-state index in [0.717, 1.165) is 18.5 Å². The van der Waals surface area contributed by atoms with Gasteiger partial charge in [-0.3, -0.25) is 4.98 Å². The predicted octanol–water partition coefficient (Wildman–Crippen LogP) is 1.68. The lowest BCUT2D eigenvalue weighted by molar-refractivity contribution is 0.0622. The van der Waals surface area contributed by atoms with Crippen molar-refractivity contribution in [2.45, 2.75) is 62.4 Å². The molecule has 4 heterocycles. The molecule has 4 unspecified atom stereocenters. The van der Waals surface area contributed by atoms with Crippen molar-refractivity contribution in [2.24, 2.45) is 0 Å². The molecule has 2 amide bonds. The molecule has 0 bridgehead atoms. The summed E-state index contributed by atoms with van der Waals surface area (Å²) >= 11 is 0. The molecule has 0 aromatic carbocycles. The Kier molecular flexibility index (Phi) is 5.15. The van der Waals surface area contributed by atoms with Crippen LogP contribution >= 0.6 is 0 Å². The van der Waals surface area contributed by atoms with Crippen LogP contribution < -0.4 is 10.6 Å². The Bertz CT molecular complexity index is 838. The molecule has 2 aromatic rings. The maximum atomic E-state index is 12.4. The third-order valence-electron chi connectivity index (χ3n) is 6.06. The number of carbonyl (C=O) groups is 1. The van der Waals surface area contributed by atoms with Gasteiger partial charge in [0, 0.05) is 12.2 Å². The van der Waals surface area contributed by atoms with Crippen molar-refractivity contribution in [1.29, 1.82) is 0 Å². The summed E-state index contributed by atoms with van der Waals surface area (Å²) in [6, 6.07) is 5.61. The molecule has 9 nitrogen and oxygen atoms in total. The van der Waals surface area contributed by atoms with Gasteiger partial charge >= 0.3 is 6.03 Å². The van der Waals surface area contributed by atoms with Gasteiger partial charge in [-0.2, -0.15) is 0 Å². The van der Waals surface area contributed by atoms with Gasteiger partial charge < -0.3 is 20.1 Å². The van der Waals surface area contributed by atoms with Crippen molar-refractivity contribution in [2.75, 3.05) is 13.2 Å². The molecule has 1 aliphatic carbocycles. The highest BCUT2D eigenvalue weighted by molar-refractivity contribution is 5.74. The third-order valence-corrected chi connectivity index (χ3v) is 6.06. The van der Waals surface area contributed by atoms with Gasteiger partial charge in [-0.05, 0) is 25.0 Å². The lowest BCUT2D eigenvalue weighted by Crippen LogP contribution is -2.50. The van der Waals surface area contributed by atoms with Gasteiger partial charge in [0.15, 0.2) is 0 Å². The van der Waals surface area contributed by atoms with Crippen molar-refractivity contribution in [3.05, 3.63) is 30.6 Å². The van der Waals surface area contributed by atoms with Gasteiger partial charge in [-0.1, -0.05) is 30.5 Å². The molecule has 29 heavy (non-hydrogen) atoms. The Labute approximate surface area is 169 Å². The van der Waals surface area contributed by atoms with Gasteiger partial charge in [0.2, 0.25) is 0 Å². The van der Waals surface area contributed by atoms with Gasteiger partial charge in [0.25, 0.3) is 0 Å². The fraction of sp³-hybridized carbons (Fsp3) is 0.600. The third kappa shape index (κ3) is 3.84. The van der Waals surface area contributed by atoms with Crippen LogP contribution in [0.25, 0.3) is 11.4 Å². The monoisotopic (exact) mass is 398 g/mol. The Hall–Kier alpha value is -2.52. The van der Waals surface area contributed by atoms with Crippen LogP contribution in [0.3, 0.4) is 0 Å². The second kappa shape index (κ2) is 8.08. The molecule has 2 saturated heterocycles. The second-order valence-corrected chi connectivity index (χ2v) is 8.02. The van der Waals surface area contributed by atoms with Crippen LogP contribution in [0.15, 0.2) is 30.6 Å². The van der Waals surface area contributed by atoms with Crippen LogP contribution in [0.5, 0.6) is 0 Å². The van der Waals surface area contributed by atoms with Crippen molar-refractivity contribution < 1.29 is 14.3 Å². The van der Waals surface area contributed by atoms with E-state index in [2.05, 4.69) is 25.9 Å². The molecule has 2 aliphatic heterocycles. The smallest absolute Gasteiger partial charge is 0.315 e. The van der Waals surface area contributed by atoms with E-state index in [0.29, 0.717) is 18.9 Å². The van der Waals surface area contributed by atoms with Crippen molar-refractivity contribution in [3.63, 3.8) is 0 Å². The number of carbonyl (C=O) groups excluding carboxylic acids is 1. The first-order valence-corrected chi connectivity index (χ1v) is 10.4. The van der Waals surface area contributed by atoms with E-state index in [9.17, 15) is 4.79 Å². The average Bonchev–Trinajstić information content (AvgIpc) is 3.47. The number of hydrogen-bond donors (Lipinski definition) is 2. The fourth-order valence-corrected chi connectivity index (χ4v) is 4.54. The number of ether oxygens (including phenoxy) is 2. The normalized spacial score (nSPS) is 29.5. The lowest BCUT2D eigenvalue weighted by Gasteiger charge is -2.24. The van der Waals surface area contributed by atoms with Crippen LogP contribution in [0.1, 0.15) is 38.1 Å². The molecular weight excluding hydrogens is 372 g/mol. The van der Waals surface area contributed by atoms with E-state index in [1.165, 1.54) is 19.3 Å². The number of hydrogen-bond acceptors (Lipinski definition) is 6. The van der Waals surface area contributed by atoms with E-state index in [4.69, 9.17) is 9.47 Å². The zero-order valence-electron chi connectivity index (χ0n) is 16.2. The van der Waals surface area contributed by atoms with Crippen LogP contribution in [-0.4, -0.2) is 63.5 Å². The lowest BCUT2D eigenvalue weighted by atomic mass is 9.96. The van der Waals surface area contributed by atoms with Crippen LogP contribution in [0.4, 0.5) is 4.79 Å². The molecule has 4 atom stereocenters. The van der Waals surface area contributed by atoms with Gasteiger partial charge in [-0.25, -0.2) is 9.48 Å². The average molecular weight is 398 g/mol. The summed E-state index contributed by atoms with van der Waals surface area (Å²) in [5.74, 6) is 0. The SMILES string of the molecule is O=C(NC1CCCCC1)NC1COC2C1OCC2n1cc(-c2ccccn2)nn1. The standard InChI is InChI=1S/C20H26N6O3/c27-20(22-13-6-2-1-3-7-13)23-16-11-28-19-17(12-29-18(16)19)26-10-15(24-25-26)14-8-4-5-9-21-14/h4-5,8-10,13,16-19H,1-3,6-7,11-12H2,(H2,22,23,27). The predicted molar refractivity (Wildman–Crippen MR) is 104 cm³/mol. The molecule has 3 aliphatic rings. The first-order valence-electron chi connectivity index (χ1n) is 10.4. The second-order valence-electron chi connectivity index (χ2n) is 8.02. The highest BCUT2D eigenvalue weighted by Gasteiger charge is 2.49. The Morgan fingerprint density at radius 3 is 2.72 bits per heavy atom. The molecule has 5 rings (SSSR count). The van der Waals surface area contributed by atoms with E-state index in [1.54, 1.807) is 10.9 Å². The number of nitrogens with one attached hydrogen (secondary N) is 2. The molecule has 1 saturated carbocycles. The van der Waals surface area contributed by atoms with Gasteiger partial charge in [0.05, 0.1) is 31.1 Å². The highest BCUT2D eigenvalue weighted by atomic mass is 16.6. The molecule has 9 heteroatoms. The molecule has 0 spiro atoms. The minimum Gasteiger partial charge on any atom is -0.371 e. The van der Waals surface area contributed by atoms with E-state index in [-0.39, 0.29) is 36.4 Å². The summed E-state index contributed by atoms with van der Waals surface area (Å²) in [6.07, 6.45) is 9.02. The maximum absolute atomic E-state index is 12.4. The number of urea groups is 1. The van der Waals surface area contributed by atoms with E-state index in [1.807, 2.05) is 24.4 Å². The minimum absolute atomic E-state index is 0.0711. The largest absolute Gasteiger partial charge is 0.371 e. The molecule has 2 N–H and O–H groups in total. The van der Waals surface area contributed by atoms with E-state index < -0.39 is 0 Å². The van der Waals surface area contributed by atoms with Crippen molar-refractivity contribution in [1.82, 2.24) is 30.6 Å². The molecule has 154 valence electrons. The van der Waals surface area contributed by atoms with E-state index >= 15 is 0 Å². The Morgan fingerprint density at radius 1 is 1.03 bits per heavy atom. The maximum Gasteiger partial charge on any atom is 0.315 e. The number of pyridine rings is 1. The minimum atomic E-state index is -0.181. The number of amides is 2. The van der Waals surface area contributed by atoms with Crippen LogP contribution in [0, 0.1) is 0 Å². The van der Waals surface area contributed by atoms with Gasteiger partial charge in [0.1, 0.15) is 23.9 Å². The summed E-state index contributed by atoms with van der Waals surface area (Å²) in [4.78, 5) is 16.7. The topological polar surface area (TPSA) is 103 Å². The molecule has 0 radical (unpaired) electrons. The summed E-state index contributed by atoms with van der Waals surface area (Å²) in [5, 5.41) is 14.6. The summed E-state index contributed by atoms with van der Waals surface area (Å²) in [6.45, 7) is 0.911. The zero-order valence-corrected chi connectivity index (χ0v) is 16.2. The summed E-state index contributed by atoms with van der Waals surface area (Å²) in [5.41, 5.74) is 1.49. The summed E-state index contributed by atoms with van der Waals surface area (Å²) in [7, 11) is 0. The van der Waals surface area contributed by atoms with Crippen LogP contribution in [-0.2, 0) is 9.47 Å². The van der Waals surface area contributed by atoms with Crippen LogP contribution in [0.2, 0.25) is 0 Å². The number of nitrogens with zero attached hydrogens (tertiary/aromatic N) is 4. The first-order chi connectivity index (χ1) is 14.3. The fourth-order valence-electron chi connectivity index (χ4n) is 4.54. The number of rotatable bonds is 4. The quantitative estimate of drug-likeness (QED) is 0.812. The molecule has 2 aromatic heterocycles. The number of aromatic nitrogens is 4. The summed E-state index contributed by atoms with van der Waals surface area (Å²) < 4.78 is 13.8. The number of fused-ring (bicyclic) bond motifs is 1. The van der Waals surface area contributed by atoms with Crippen molar-refractivity contribution >= 4 is 6.03 Å². The highest BCUT2D eigenvalue weighted by Crippen LogP contribution is 2.34. The van der Waals surface area contributed by atoms with Gasteiger partial charge in [-0.15, -0.1) is 5.10 Å². The molecule has 3 fully saturated rings. The van der Waals surface area contributed by atoms with Crippen molar-refractivity contribution in [3.8, 4) is 11.4 Å². The zero-order chi connectivity index (χ0) is 19.6.